The first-order valence-electron chi connectivity index (χ1n) is 7.16. The quantitative estimate of drug-likeness (QED) is 0.585. The molecule has 0 unspecified atom stereocenters. The van der Waals surface area contributed by atoms with Crippen LogP contribution in [0.5, 0.6) is 0 Å². The van der Waals surface area contributed by atoms with Gasteiger partial charge in [0.1, 0.15) is 11.8 Å². The number of benzene rings is 2. The lowest BCUT2D eigenvalue weighted by molar-refractivity contribution is 0.0955. The van der Waals surface area contributed by atoms with Gasteiger partial charge < -0.3 is 4.42 Å². The molecule has 1 aromatic heterocycles. The highest BCUT2D eigenvalue weighted by Crippen LogP contribution is 2.16. The molecule has 3 rings (SSSR count). The van der Waals surface area contributed by atoms with Gasteiger partial charge in [0.25, 0.3) is 5.91 Å². The Bertz CT molecular complexity index is 1010. The third kappa shape index (κ3) is 3.36. The molecule has 0 atom stereocenters. The molecule has 0 saturated carbocycles. The molecule has 5 nitrogen and oxygen atoms in total. The third-order valence-electron chi connectivity index (χ3n) is 3.41. The molecule has 2 aromatic carbocycles. The minimum atomic E-state index is -0.358. The molecule has 0 aliphatic heterocycles. The zero-order chi connectivity index (χ0) is 17.1. The van der Waals surface area contributed by atoms with Crippen molar-refractivity contribution in [2.75, 3.05) is 0 Å². The summed E-state index contributed by atoms with van der Waals surface area (Å²) in [7, 11) is 0. The van der Waals surface area contributed by atoms with Crippen LogP contribution in [0, 0.1) is 6.92 Å². The second kappa shape index (κ2) is 6.68. The van der Waals surface area contributed by atoms with Crippen molar-refractivity contribution in [3.05, 3.63) is 80.7 Å². The van der Waals surface area contributed by atoms with E-state index in [0.717, 1.165) is 5.56 Å². The van der Waals surface area contributed by atoms with Gasteiger partial charge in [-0.1, -0.05) is 29.3 Å². The minimum Gasteiger partial charge on any atom is -0.463 e. The van der Waals surface area contributed by atoms with Gasteiger partial charge in [-0.25, -0.2) is 5.43 Å². The van der Waals surface area contributed by atoms with E-state index in [-0.39, 0.29) is 16.9 Å². The summed E-state index contributed by atoms with van der Waals surface area (Å²) in [6.07, 6.45) is 2.54. The molecular formula is C18H13ClN2O3. The van der Waals surface area contributed by atoms with E-state index in [1.165, 1.54) is 18.5 Å². The maximum atomic E-state index is 12.3. The van der Waals surface area contributed by atoms with Gasteiger partial charge in [-0.3, -0.25) is 9.59 Å². The monoisotopic (exact) mass is 340 g/mol. The van der Waals surface area contributed by atoms with Crippen LogP contribution >= 0.6 is 11.6 Å². The average Bonchev–Trinajstić information content (AvgIpc) is 2.57. The predicted octanol–water partition coefficient (Wildman–Crippen LogP) is 3.52. The maximum absolute atomic E-state index is 12.3. The first-order chi connectivity index (χ1) is 11.5. The Labute approximate surface area is 142 Å². The fourth-order valence-corrected chi connectivity index (χ4v) is 2.39. The molecule has 1 N–H and O–H groups in total. The third-order valence-corrected chi connectivity index (χ3v) is 3.65. The molecule has 6 heteroatoms. The molecule has 0 aliphatic rings. The van der Waals surface area contributed by atoms with Crippen molar-refractivity contribution in [3.63, 3.8) is 0 Å². The Morgan fingerprint density at radius 3 is 2.88 bits per heavy atom. The number of fused-ring (bicyclic) bond motifs is 1. The highest BCUT2D eigenvalue weighted by atomic mass is 35.5. The highest BCUT2D eigenvalue weighted by molar-refractivity contribution is 6.31. The van der Waals surface area contributed by atoms with Crippen LogP contribution in [0.25, 0.3) is 11.0 Å². The van der Waals surface area contributed by atoms with E-state index in [0.29, 0.717) is 21.6 Å². The zero-order valence-corrected chi connectivity index (χ0v) is 13.5. The van der Waals surface area contributed by atoms with Crippen LogP contribution in [0.1, 0.15) is 21.5 Å². The summed E-state index contributed by atoms with van der Waals surface area (Å²) in [4.78, 5) is 24.3. The van der Waals surface area contributed by atoms with Crippen LogP contribution in [-0.2, 0) is 0 Å². The lowest BCUT2D eigenvalue weighted by Crippen LogP contribution is -2.18. The van der Waals surface area contributed by atoms with E-state index in [4.69, 9.17) is 16.0 Å². The summed E-state index contributed by atoms with van der Waals surface area (Å²) in [5, 5.41) is 4.62. The smallest absolute Gasteiger partial charge is 0.271 e. The number of hydrogen-bond acceptors (Lipinski definition) is 4. The number of nitrogens with one attached hydrogen (secondary N) is 1. The lowest BCUT2D eigenvalue weighted by Gasteiger charge is -2.01. The first kappa shape index (κ1) is 16.0. The second-order valence-electron chi connectivity index (χ2n) is 5.23. The number of hydrogen-bond donors (Lipinski definition) is 1. The number of carbonyl (C=O) groups is 1. The van der Waals surface area contributed by atoms with Crippen LogP contribution in [0.2, 0.25) is 5.02 Å². The van der Waals surface area contributed by atoms with E-state index in [1.807, 2.05) is 13.0 Å². The Balaban J connectivity index is 1.82. The molecule has 0 saturated heterocycles. The Hall–Kier alpha value is -2.92. The number of nitrogens with zero attached hydrogens (tertiary/aromatic N) is 1. The summed E-state index contributed by atoms with van der Waals surface area (Å²) in [6, 6.07) is 11.9. The fraction of sp³-hybridized carbons (Fsp3) is 0.0556. The molecular weight excluding hydrogens is 328 g/mol. The van der Waals surface area contributed by atoms with E-state index in [2.05, 4.69) is 10.5 Å². The standard InChI is InChI=1S/C18H13ClN2O3/c1-11-3-2-4-12(7-11)18(23)21-20-9-13-10-24-16-6-5-14(19)8-15(16)17(13)22/h2-10H,1H3,(H,21,23)/b20-9+. The summed E-state index contributed by atoms with van der Waals surface area (Å²) in [5.41, 5.74) is 4.23. The van der Waals surface area contributed by atoms with Crippen molar-refractivity contribution >= 4 is 34.7 Å². The van der Waals surface area contributed by atoms with E-state index in [9.17, 15) is 9.59 Å². The van der Waals surface area contributed by atoms with Crippen LogP contribution in [-0.4, -0.2) is 12.1 Å². The van der Waals surface area contributed by atoms with E-state index in [1.54, 1.807) is 30.3 Å². The van der Waals surface area contributed by atoms with Crippen LogP contribution < -0.4 is 10.9 Å². The Kier molecular flexibility index (Phi) is 4.44. The number of rotatable bonds is 3. The molecule has 0 fully saturated rings. The molecule has 1 heterocycles. The normalized spacial score (nSPS) is 11.1. The molecule has 1 amide bonds. The van der Waals surface area contributed by atoms with Crippen molar-refractivity contribution in [2.45, 2.75) is 6.92 Å². The highest BCUT2D eigenvalue weighted by Gasteiger charge is 2.07. The molecule has 0 spiro atoms. The number of halogens is 1. The minimum absolute atomic E-state index is 0.217. The molecule has 120 valence electrons. The van der Waals surface area contributed by atoms with Crippen LogP contribution in [0.15, 0.2) is 63.0 Å². The largest absolute Gasteiger partial charge is 0.463 e. The number of hydrazone groups is 1. The molecule has 24 heavy (non-hydrogen) atoms. The summed E-state index contributed by atoms with van der Waals surface area (Å²) < 4.78 is 5.37. The van der Waals surface area contributed by atoms with Crippen molar-refractivity contribution in [1.82, 2.24) is 5.43 Å². The van der Waals surface area contributed by atoms with Crippen molar-refractivity contribution in [3.8, 4) is 0 Å². The number of amides is 1. The van der Waals surface area contributed by atoms with Gasteiger partial charge in [-0.2, -0.15) is 5.10 Å². The lowest BCUT2D eigenvalue weighted by atomic mass is 10.1. The summed E-state index contributed by atoms with van der Waals surface area (Å²) in [6.45, 7) is 1.89. The van der Waals surface area contributed by atoms with Crippen LogP contribution in [0.4, 0.5) is 0 Å². The number of aryl methyl sites for hydroxylation is 1. The SMILES string of the molecule is Cc1cccc(C(=O)N/N=C/c2coc3ccc(Cl)cc3c2=O)c1. The molecule has 0 radical (unpaired) electrons. The topological polar surface area (TPSA) is 71.7 Å². The zero-order valence-electron chi connectivity index (χ0n) is 12.7. The Morgan fingerprint density at radius 2 is 2.08 bits per heavy atom. The number of carbonyl (C=O) groups excluding carboxylic acids is 1. The van der Waals surface area contributed by atoms with Gasteiger partial charge in [0, 0.05) is 10.6 Å². The van der Waals surface area contributed by atoms with Gasteiger partial charge in [-0.05, 0) is 37.3 Å². The molecule has 0 bridgehead atoms. The predicted molar refractivity (Wildman–Crippen MR) is 93.7 cm³/mol. The van der Waals surface area contributed by atoms with Gasteiger partial charge >= 0.3 is 0 Å². The first-order valence-corrected chi connectivity index (χ1v) is 7.53. The second-order valence-corrected chi connectivity index (χ2v) is 5.67. The summed E-state index contributed by atoms with van der Waals surface area (Å²) in [5.74, 6) is -0.358. The fourth-order valence-electron chi connectivity index (χ4n) is 2.22. The van der Waals surface area contributed by atoms with Gasteiger partial charge in [0.05, 0.1) is 17.2 Å². The summed E-state index contributed by atoms with van der Waals surface area (Å²) >= 11 is 5.90. The van der Waals surface area contributed by atoms with Gasteiger partial charge in [-0.15, -0.1) is 0 Å². The average molecular weight is 341 g/mol. The van der Waals surface area contributed by atoms with Gasteiger partial charge in [0.15, 0.2) is 0 Å². The van der Waals surface area contributed by atoms with Gasteiger partial charge in [0.2, 0.25) is 5.43 Å². The van der Waals surface area contributed by atoms with Crippen molar-refractivity contribution < 1.29 is 9.21 Å². The Morgan fingerprint density at radius 1 is 1.25 bits per heavy atom. The van der Waals surface area contributed by atoms with Crippen LogP contribution in [0.3, 0.4) is 0 Å². The molecule has 0 aliphatic carbocycles. The van der Waals surface area contributed by atoms with Crippen molar-refractivity contribution in [2.24, 2.45) is 5.10 Å². The van der Waals surface area contributed by atoms with E-state index < -0.39 is 0 Å². The molecule has 3 aromatic rings. The van der Waals surface area contributed by atoms with Crippen molar-refractivity contribution in [1.29, 1.82) is 0 Å². The maximum Gasteiger partial charge on any atom is 0.271 e. The van der Waals surface area contributed by atoms with E-state index >= 15 is 0 Å².